The highest BCUT2D eigenvalue weighted by Gasteiger charge is 2.23. The predicted octanol–water partition coefficient (Wildman–Crippen LogP) is 3.44. The Kier molecular flexibility index (Phi) is 5.56. The van der Waals surface area contributed by atoms with E-state index < -0.39 is 17.5 Å². The number of nitrogens with zero attached hydrogens (tertiary/aromatic N) is 2. The minimum atomic E-state index is -0.681. The molecule has 1 aliphatic rings. The van der Waals surface area contributed by atoms with Crippen LogP contribution in [0.4, 0.5) is 8.78 Å². The molecule has 0 aliphatic carbocycles. The molecule has 0 spiro atoms. The predicted molar refractivity (Wildman–Crippen MR) is 94.2 cm³/mol. The van der Waals surface area contributed by atoms with Crippen molar-refractivity contribution in [2.75, 3.05) is 32.7 Å². The van der Waals surface area contributed by atoms with Crippen molar-refractivity contribution in [3.05, 3.63) is 77.4 Å². The lowest BCUT2D eigenvalue weighted by molar-refractivity contribution is 0.0645. The average Bonchev–Trinajstić information content (AvgIpc) is 2.65. The first kappa shape index (κ1) is 17.3. The van der Waals surface area contributed by atoms with Crippen LogP contribution in [0.5, 0.6) is 0 Å². The maximum atomic E-state index is 13.7. The third-order valence-corrected chi connectivity index (χ3v) is 4.29. The number of halogens is 2. The minimum absolute atomic E-state index is 0.197. The van der Waals surface area contributed by atoms with E-state index in [9.17, 15) is 13.6 Å². The second-order valence-electron chi connectivity index (χ2n) is 6.03. The van der Waals surface area contributed by atoms with E-state index in [4.69, 9.17) is 0 Å². The molecule has 3 nitrogen and oxygen atoms in total. The molecular formula is C20H20F2N2O. The summed E-state index contributed by atoms with van der Waals surface area (Å²) in [5, 5.41) is 0. The van der Waals surface area contributed by atoms with Crippen molar-refractivity contribution in [2.45, 2.75) is 0 Å². The van der Waals surface area contributed by atoms with Gasteiger partial charge in [-0.1, -0.05) is 42.5 Å². The number of hydrogen-bond donors (Lipinski definition) is 0. The number of benzene rings is 2. The molecule has 5 heteroatoms. The van der Waals surface area contributed by atoms with Gasteiger partial charge in [0, 0.05) is 32.7 Å². The fraction of sp³-hybridized carbons (Fsp3) is 0.250. The van der Waals surface area contributed by atoms with Crippen molar-refractivity contribution in [3.8, 4) is 0 Å². The van der Waals surface area contributed by atoms with Gasteiger partial charge in [-0.05, 0) is 23.8 Å². The number of carbonyl (C=O) groups excluding carboxylic acids is 1. The second kappa shape index (κ2) is 8.03. The molecule has 1 heterocycles. The van der Waals surface area contributed by atoms with E-state index in [0.29, 0.717) is 26.2 Å². The van der Waals surface area contributed by atoms with Crippen LogP contribution in [0.3, 0.4) is 0 Å². The maximum Gasteiger partial charge on any atom is 0.257 e. The fourth-order valence-electron chi connectivity index (χ4n) is 2.87. The molecule has 25 heavy (non-hydrogen) atoms. The molecule has 0 atom stereocenters. The van der Waals surface area contributed by atoms with Crippen LogP contribution in [0.15, 0.2) is 54.6 Å². The zero-order valence-corrected chi connectivity index (χ0v) is 13.9. The van der Waals surface area contributed by atoms with E-state index in [0.717, 1.165) is 30.3 Å². The Morgan fingerprint density at radius 1 is 1.00 bits per heavy atom. The van der Waals surface area contributed by atoms with E-state index in [1.807, 2.05) is 30.3 Å². The van der Waals surface area contributed by atoms with Crippen molar-refractivity contribution < 1.29 is 13.6 Å². The lowest BCUT2D eigenvalue weighted by atomic mass is 10.1. The molecule has 1 fully saturated rings. The average molecular weight is 342 g/mol. The molecular weight excluding hydrogens is 322 g/mol. The zero-order chi connectivity index (χ0) is 17.6. The number of carbonyl (C=O) groups is 1. The summed E-state index contributed by atoms with van der Waals surface area (Å²) >= 11 is 0. The molecule has 1 aliphatic heterocycles. The molecule has 0 aromatic heterocycles. The molecule has 0 radical (unpaired) electrons. The quantitative estimate of drug-likeness (QED) is 0.850. The summed E-state index contributed by atoms with van der Waals surface area (Å²) in [6.45, 7) is 3.23. The van der Waals surface area contributed by atoms with Gasteiger partial charge >= 0.3 is 0 Å². The van der Waals surface area contributed by atoms with Crippen LogP contribution in [-0.4, -0.2) is 48.4 Å². The van der Waals surface area contributed by atoms with Crippen molar-refractivity contribution in [1.82, 2.24) is 9.80 Å². The van der Waals surface area contributed by atoms with Gasteiger partial charge in [0.05, 0.1) is 5.56 Å². The molecule has 3 rings (SSSR count). The smallest absolute Gasteiger partial charge is 0.257 e. The van der Waals surface area contributed by atoms with Crippen molar-refractivity contribution >= 4 is 12.0 Å². The summed E-state index contributed by atoms with van der Waals surface area (Å²) in [7, 11) is 0. The van der Waals surface area contributed by atoms with Crippen LogP contribution < -0.4 is 0 Å². The SMILES string of the molecule is O=C(c1cc(F)ccc1F)N1CCN(C/C=C/c2ccccc2)CC1. The molecule has 0 unspecified atom stereocenters. The normalized spacial score (nSPS) is 15.7. The highest BCUT2D eigenvalue weighted by molar-refractivity contribution is 5.94. The van der Waals surface area contributed by atoms with Gasteiger partial charge in [-0.15, -0.1) is 0 Å². The van der Waals surface area contributed by atoms with Gasteiger partial charge in [0.1, 0.15) is 11.6 Å². The summed E-state index contributed by atoms with van der Waals surface area (Å²) in [6.07, 6.45) is 4.17. The van der Waals surface area contributed by atoms with Crippen LogP contribution >= 0.6 is 0 Å². The first-order valence-electron chi connectivity index (χ1n) is 8.32. The molecule has 2 aromatic rings. The number of hydrogen-bond acceptors (Lipinski definition) is 2. The summed E-state index contributed by atoms with van der Waals surface area (Å²) in [6, 6.07) is 13.0. The molecule has 130 valence electrons. The van der Waals surface area contributed by atoms with Crippen LogP contribution in [0.25, 0.3) is 6.08 Å². The van der Waals surface area contributed by atoms with Gasteiger partial charge < -0.3 is 4.90 Å². The first-order chi connectivity index (χ1) is 12.1. The number of amides is 1. The Morgan fingerprint density at radius 3 is 2.44 bits per heavy atom. The van der Waals surface area contributed by atoms with Gasteiger partial charge in [0.2, 0.25) is 0 Å². The minimum Gasteiger partial charge on any atom is -0.336 e. The van der Waals surface area contributed by atoms with Crippen LogP contribution in [-0.2, 0) is 0 Å². The summed E-state index contributed by atoms with van der Waals surface area (Å²) in [5.41, 5.74) is 0.954. The van der Waals surface area contributed by atoms with Gasteiger partial charge in [-0.25, -0.2) is 8.78 Å². The molecule has 1 amide bonds. The first-order valence-corrected chi connectivity index (χ1v) is 8.32. The van der Waals surface area contributed by atoms with E-state index in [1.165, 1.54) is 0 Å². The molecule has 1 saturated heterocycles. The fourth-order valence-corrected chi connectivity index (χ4v) is 2.87. The molecule has 0 bridgehead atoms. The summed E-state index contributed by atoms with van der Waals surface area (Å²) < 4.78 is 27.0. The van der Waals surface area contributed by atoms with E-state index >= 15 is 0 Å². The van der Waals surface area contributed by atoms with Crippen LogP contribution in [0.1, 0.15) is 15.9 Å². The summed E-state index contributed by atoms with van der Waals surface area (Å²) in [5.74, 6) is -1.73. The highest BCUT2D eigenvalue weighted by atomic mass is 19.1. The Labute approximate surface area is 146 Å². The maximum absolute atomic E-state index is 13.7. The monoisotopic (exact) mass is 342 g/mol. The van der Waals surface area contributed by atoms with Gasteiger partial charge in [-0.3, -0.25) is 9.69 Å². The van der Waals surface area contributed by atoms with E-state index in [-0.39, 0.29) is 5.56 Å². The Balaban J connectivity index is 1.52. The third kappa shape index (κ3) is 4.51. The van der Waals surface area contributed by atoms with E-state index in [2.05, 4.69) is 17.1 Å². The lowest BCUT2D eigenvalue weighted by Gasteiger charge is -2.34. The largest absolute Gasteiger partial charge is 0.336 e. The van der Waals surface area contributed by atoms with Gasteiger partial charge in [-0.2, -0.15) is 0 Å². The summed E-state index contributed by atoms with van der Waals surface area (Å²) in [4.78, 5) is 16.2. The van der Waals surface area contributed by atoms with Crippen LogP contribution in [0.2, 0.25) is 0 Å². The second-order valence-corrected chi connectivity index (χ2v) is 6.03. The molecule has 2 aromatic carbocycles. The Hall–Kier alpha value is -2.53. The van der Waals surface area contributed by atoms with Crippen molar-refractivity contribution in [1.29, 1.82) is 0 Å². The zero-order valence-electron chi connectivity index (χ0n) is 13.9. The van der Waals surface area contributed by atoms with Crippen molar-refractivity contribution in [2.24, 2.45) is 0 Å². The Bertz CT molecular complexity index is 754. The van der Waals surface area contributed by atoms with Crippen molar-refractivity contribution in [3.63, 3.8) is 0 Å². The highest BCUT2D eigenvalue weighted by Crippen LogP contribution is 2.14. The number of rotatable bonds is 4. The van der Waals surface area contributed by atoms with Gasteiger partial charge in [0.25, 0.3) is 5.91 Å². The molecule has 0 saturated carbocycles. The van der Waals surface area contributed by atoms with Crippen LogP contribution in [0, 0.1) is 11.6 Å². The standard InChI is InChI=1S/C20H20F2N2O/c21-17-8-9-19(22)18(15-17)20(25)24-13-11-23(12-14-24)10-4-7-16-5-2-1-3-6-16/h1-9,15H,10-14H2/b7-4+. The number of piperazine rings is 1. The Morgan fingerprint density at radius 2 is 1.72 bits per heavy atom. The lowest BCUT2D eigenvalue weighted by Crippen LogP contribution is -2.48. The van der Waals surface area contributed by atoms with Gasteiger partial charge in [0.15, 0.2) is 0 Å². The van der Waals surface area contributed by atoms with E-state index in [1.54, 1.807) is 4.90 Å². The molecule has 0 N–H and O–H groups in total. The topological polar surface area (TPSA) is 23.6 Å². The third-order valence-electron chi connectivity index (χ3n) is 4.29.